The first-order valence-corrected chi connectivity index (χ1v) is 7.88. The summed E-state index contributed by atoms with van der Waals surface area (Å²) in [5, 5.41) is 4.56. The summed E-state index contributed by atoms with van der Waals surface area (Å²) in [6.07, 6.45) is 1.82. The molecule has 3 heterocycles. The minimum atomic E-state index is 0.825. The largest absolute Gasteiger partial charge is 0.354 e. The van der Waals surface area contributed by atoms with Crippen LogP contribution in [-0.2, 0) is 6.54 Å². The van der Waals surface area contributed by atoms with Crippen molar-refractivity contribution in [2.45, 2.75) is 20.4 Å². The summed E-state index contributed by atoms with van der Waals surface area (Å²) < 4.78 is 0. The molecule has 0 aliphatic rings. The molecule has 5 heteroatoms. The van der Waals surface area contributed by atoms with Gasteiger partial charge in [-0.3, -0.25) is 0 Å². The van der Waals surface area contributed by atoms with Crippen LogP contribution >= 0.6 is 0 Å². The molecule has 0 saturated heterocycles. The third-order valence-corrected chi connectivity index (χ3v) is 4.06. The van der Waals surface area contributed by atoms with Crippen LogP contribution in [0, 0.1) is 6.92 Å². The first kappa shape index (κ1) is 14.0. The Bertz CT molecular complexity index is 980. The highest BCUT2D eigenvalue weighted by atomic mass is 15.0. The molecular weight excluding hydrogens is 286 g/mol. The second-order valence-electron chi connectivity index (χ2n) is 5.76. The fraction of sp³-hybridized carbons (Fsp3) is 0.222. The molecule has 0 aliphatic heterocycles. The number of pyridine rings is 1. The lowest BCUT2D eigenvalue weighted by molar-refractivity contribution is 0.727. The Morgan fingerprint density at radius 2 is 2.04 bits per heavy atom. The third kappa shape index (κ3) is 2.49. The maximum atomic E-state index is 4.57. The number of hydrogen-bond acceptors (Lipinski definition) is 3. The summed E-state index contributed by atoms with van der Waals surface area (Å²) in [6.45, 7) is 5.93. The fourth-order valence-corrected chi connectivity index (χ4v) is 2.94. The molecule has 0 spiro atoms. The Morgan fingerprint density at radius 1 is 1.13 bits per heavy atom. The molecule has 0 radical (unpaired) electrons. The van der Waals surface area contributed by atoms with Crippen LogP contribution in [0.15, 0.2) is 36.5 Å². The monoisotopic (exact) mass is 305 g/mol. The van der Waals surface area contributed by atoms with E-state index in [2.05, 4.69) is 56.4 Å². The Balaban J connectivity index is 1.81. The smallest absolute Gasteiger partial charge is 0.158 e. The van der Waals surface area contributed by atoms with Crippen molar-refractivity contribution in [3.63, 3.8) is 0 Å². The molecule has 0 aliphatic carbocycles. The van der Waals surface area contributed by atoms with Crippen LogP contribution in [0.5, 0.6) is 0 Å². The first-order chi connectivity index (χ1) is 11.2. The number of benzene rings is 1. The summed E-state index contributed by atoms with van der Waals surface area (Å²) in [7, 11) is 0. The van der Waals surface area contributed by atoms with E-state index in [1.165, 1.54) is 10.9 Å². The van der Waals surface area contributed by atoms with Gasteiger partial charge in [-0.2, -0.15) is 0 Å². The van der Waals surface area contributed by atoms with Crippen LogP contribution in [0.3, 0.4) is 0 Å². The molecule has 3 aromatic heterocycles. The molecule has 0 amide bonds. The zero-order chi connectivity index (χ0) is 15.8. The van der Waals surface area contributed by atoms with E-state index in [4.69, 9.17) is 0 Å². The van der Waals surface area contributed by atoms with Gasteiger partial charge in [0.25, 0.3) is 0 Å². The van der Waals surface area contributed by atoms with Gasteiger partial charge in [0.05, 0.1) is 0 Å². The van der Waals surface area contributed by atoms with Gasteiger partial charge in [-0.25, -0.2) is 9.97 Å². The van der Waals surface area contributed by atoms with Crippen LogP contribution in [0.2, 0.25) is 0 Å². The standard InChI is InChI=1S/C18H19N5/c1-3-19-10-12-4-5-13-9-16(23-15(13)8-12)14-6-7-20-18-17(14)21-11(2)22-18/h4-9,19,23H,3,10H2,1-2H3,(H,20,21,22). The van der Waals surface area contributed by atoms with E-state index in [1.807, 2.05) is 19.2 Å². The minimum Gasteiger partial charge on any atom is -0.354 e. The van der Waals surface area contributed by atoms with E-state index in [0.717, 1.165) is 46.9 Å². The van der Waals surface area contributed by atoms with Gasteiger partial charge in [0.1, 0.15) is 11.3 Å². The molecule has 116 valence electrons. The quantitative estimate of drug-likeness (QED) is 0.540. The zero-order valence-corrected chi connectivity index (χ0v) is 13.3. The summed E-state index contributed by atoms with van der Waals surface area (Å²) in [5.41, 5.74) is 6.30. The normalized spacial score (nSPS) is 11.6. The van der Waals surface area contributed by atoms with Crippen molar-refractivity contribution in [2.75, 3.05) is 6.54 Å². The Kier molecular flexibility index (Phi) is 3.35. The number of aromatic nitrogens is 4. The highest BCUT2D eigenvalue weighted by molar-refractivity contribution is 5.93. The third-order valence-electron chi connectivity index (χ3n) is 4.06. The van der Waals surface area contributed by atoms with Gasteiger partial charge in [-0.1, -0.05) is 19.1 Å². The van der Waals surface area contributed by atoms with Gasteiger partial charge in [-0.15, -0.1) is 0 Å². The molecule has 23 heavy (non-hydrogen) atoms. The number of rotatable bonds is 4. The summed E-state index contributed by atoms with van der Waals surface area (Å²) >= 11 is 0. The Morgan fingerprint density at radius 3 is 2.91 bits per heavy atom. The highest BCUT2D eigenvalue weighted by Crippen LogP contribution is 2.29. The SMILES string of the molecule is CCNCc1ccc2cc(-c3ccnc4[nH]c(C)nc34)[nH]c2c1. The lowest BCUT2D eigenvalue weighted by Gasteiger charge is -2.01. The summed E-state index contributed by atoms with van der Waals surface area (Å²) in [4.78, 5) is 15.6. The molecule has 4 rings (SSSR count). The number of H-pyrrole nitrogens is 2. The molecule has 0 fully saturated rings. The lowest BCUT2D eigenvalue weighted by Crippen LogP contribution is -2.11. The first-order valence-electron chi connectivity index (χ1n) is 7.88. The summed E-state index contributed by atoms with van der Waals surface area (Å²) in [6, 6.07) is 10.7. The van der Waals surface area contributed by atoms with Crippen LogP contribution in [0.25, 0.3) is 33.3 Å². The van der Waals surface area contributed by atoms with E-state index in [0.29, 0.717) is 0 Å². The van der Waals surface area contributed by atoms with Crippen molar-refractivity contribution >= 4 is 22.1 Å². The molecule has 5 nitrogen and oxygen atoms in total. The fourth-order valence-electron chi connectivity index (χ4n) is 2.94. The van der Waals surface area contributed by atoms with Crippen molar-refractivity contribution < 1.29 is 0 Å². The van der Waals surface area contributed by atoms with Gasteiger partial charge in [0.15, 0.2) is 5.65 Å². The molecule has 0 atom stereocenters. The van der Waals surface area contributed by atoms with Gasteiger partial charge in [-0.05, 0) is 37.2 Å². The predicted octanol–water partition coefficient (Wildman–Crippen LogP) is 3.52. The lowest BCUT2D eigenvalue weighted by atomic mass is 10.1. The average molecular weight is 305 g/mol. The molecule has 0 saturated carbocycles. The minimum absolute atomic E-state index is 0.825. The topological polar surface area (TPSA) is 69.4 Å². The van der Waals surface area contributed by atoms with Crippen LogP contribution in [-0.4, -0.2) is 26.5 Å². The molecule has 0 bridgehead atoms. The molecule has 0 unspecified atom stereocenters. The number of nitrogens with one attached hydrogen (secondary N) is 3. The van der Waals surface area contributed by atoms with Crippen molar-refractivity contribution in [1.29, 1.82) is 0 Å². The van der Waals surface area contributed by atoms with E-state index >= 15 is 0 Å². The van der Waals surface area contributed by atoms with E-state index in [9.17, 15) is 0 Å². The van der Waals surface area contributed by atoms with Gasteiger partial charge < -0.3 is 15.3 Å². The van der Waals surface area contributed by atoms with E-state index < -0.39 is 0 Å². The van der Waals surface area contributed by atoms with Crippen LogP contribution < -0.4 is 5.32 Å². The molecule has 3 N–H and O–H groups in total. The summed E-state index contributed by atoms with van der Waals surface area (Å²) in [5.74, 6) is 0.879. The number of hydrogen-bond donors (Lipinski definition) is 3. The number of nitrogens with zero attached hydrogens (tertiary/aromatic N) is 2. The number of fused-ring (bicyclic) bond motifs is 2. The predicted molar refractivity (Wildman–Crippen MR) is 93.3 cm³/mol. The second kappa shape index (κ2) is 5.52. The maximum absolute atomic E-state index is 4.57. The van der Waals surface area contributed by atoms with E-state index in [-0.39, 0.29) is 0 Å². The molecular formula is C18H19N5. The Hall–Kier alpha value is -2.66. The Labute approximate surface area is 134 Å². The number of imidazole rings is 1. The van der Waals surface area contributed by atoms with Crippen molar-refractivity contribution in [3.8, 4) is 11.3 Å². The zero-order valence-electron chi connectivity index (χ0n) is 13.3. The van der Waals surface area contributed by atoms with Crippen molar-refractivity contribution in [2.24, 2.45) is 0 Å². The van der Waals surface area contributed by atoms with Crippen molar-refractivity contribution in [1.82, 2.24) is 25.3 Å². The van der Waals surface area contributed by atoms with Crippen molar-refractivity contribution in [3.05, 3.63) is 47.9 Å². The van der Waals surface area contributed by atoms with Gasteiger partial charge >= 0.3 is 0 Å². The maximum Gasteiger partial charge on any atom is 0.158 e. The average Bonchev–Trinajstić information content (AvgIpc) is 3.13. The molecule has 4 aromatic rings. The molecule has 1 aromatic carbocycles. The second-order valence-corrected chi connectivity index (χ2v) is 5.76. The van der Waals surface area contributed by atoms with Gasteiger partial charge in [0, 0.05) is 34.9 Å². The highest BCUT2D eigenvalue weighted by Gasteiger charge is 2.11. The van der Waals surface area contributed by atoms with Crippen LogP contribution in [0.4, 0.5) is 0 Å². The van der Waals surface area contributed by atoms with Crippen LogP contribution in [0.1, 0.15) is 18.3 Å². The van der Waals surface area contributed by atoms with Gasteiger partial charge in [0.2, 0.25) is 0 Å². The van der Waals surface area contributed by atoms with E-state index in [1.54, 1.807) is 0 Å². The number of aryl methyl sites for hydroxylation is 1. The number of aromatic amines is 2.